The molecule has 0 spiro atoms. The molecule has 2 aromatic heterocycles. The zero-order valence-corrected chi connectivity index (χ0v) is 26.0. The van der Waals surface area contributed by atoms with E-state index in [4.69, 9.17) is 14.7 Å². The van der Waals surface area contributed by atoms with Crippen LogP contribution in [0.2, 0.25) is 0 Å². The summed E-state index contributed by atoms with van der Waals surface area (Å²) < 4.78 is 4.80. The summed E-state index contributed by atoms with van der Waals surface area (Å²) in [5, 5.41) is 20.0. The molecule has 2 aliphatic rings. The highest BCUT2D eigenvalue weighted by molar-refractivity contribution is 5.91. The molecule has 7 rings (SSSR count). The first-order chi connectivity index (χ1) is 21.9. The average Bonchev–Trinajstić information content (AvgIpc) is 3.88. The number of aromatic nitrogens is 4. The van der Waals surface area contributed by atoms with Crippen molar-refractivity contribution in [2.75, 3.05) is 20.2 Å². The van der Waals surface area contributed by atoms with Crippen LogP contribution in [0.25, 0.3) is 44.2 Å². The van der Waals surface area contributed by atoms with E-state index in [1.54, 1.807) is 0 Å². The molecular formula is C35H41N7O3. The van der Waals surface area contributed by atoms with Crippen LogP contribution in [0.5, 0.6) is 0 Å². The van der Waals surface area contributed by atoms with Gasteiger partial charge in [0, 0.05) is 12.1 Å². The lowest BCUT2D eigenvalue weighted by molar-refractivity contribution is -0.0440. The molecule has 10 heteroatoms. The summed E-state index contributed by atoms with van der Waals surface area (Å²) in [6, 6.07) is 19.3. The number of benzene rings is 3. The minimum absolute atomic E-state index is 0.0194. The minimum Gasteiger partial charge on any atom is -0.453 e. The van der Waals surface area contributed by atoms with Crippen molar-refractivity contribution in [1.82, 2.24) is 35.5 Å². The highest BCUT2D eigenvalue weighted by Crippen LogP contribution is 2.35. The van der Waals surface area contributed by atoms with Crippen LogP contribution in [-0.2, 0) is 4.74 Å². The van der Waals surface area contributed by atoms with E-state index in [2.05, 4.69) is 75.2 Å². The zero-order chi connectivity index (χ0) is 31.1. The number of rotatable bonds is 8. The number of hydrogen-bond donors (Lipinski definition) is 5. The van der Waals surface area contributed by atoms with Gasteiger partial charge in [-0.15, -0.1) is 0 Å². The van der Waals surface area contributed by atoms with Gasteiger partial charge in [-0.25, -0.2) is 14.8 Å². The van der Waals surface area contributed by atoms with E-state index in [-0.39, 0.29) is 12.0 Å². The summed E-state index contributed by atoms with van der Waals surface area (Å²) in [5.74, 6) is 1.87. The number of aliphatic hydroxyl groups excluding tert-OH is 1. The number of aromatic amines is 2. The molecule has 4 atom stereocenters. The molecule has 2 saturated heterocycles. The average molecular weight is 608 g/mol. The molecule has 234 valence electrons. The fourth-order valence-electron chi connectivity index (χ4n) is 6.92. The fourth-order valence-corrected chi connectivity index (χ4v) is 6.92. The molecule has 45 heavy (non-hydrogen) atoms. The number of methoxy groups -OCH3 is 1. The Morgan fingerprint density at radius 3 is 2.49 bits per heavy atom. The van der Waals surface area contributed by atoms with Gasteiger partial charge in [-0.2, -0.15) is 0 Å². The molecule has 0 bridgehead atoms. The number of carbonyl (C=O) groups excluding carboxylic acids is 1. The molecule has 0 radical (unpaired) electrons. The molecule has 4 unspecified atom stereocenters. The van der Waals surface area contributed by atoms with Gasteiger partial charge in [0.2, 0.25) is 0 Å². The number of fused-ring (bicyclic) bond motifs is 2. The van der Waals surface area contributed by atoms with Gasteiger partial charge in [-0.05, 0) is 84.3 Å². The molecular weight excluding hydrogens is 566 g/mol. The van der Waals surface area contributed by atoms with E-state index in [1.165, 1.54) is 18.9 Å². The Morgan fingerprint density at radius 1 is 0.978 bits per heavy atom. The summed E-state index contributed by atoms with van der Waals surface area (Å²) in [6.07, 6.45) is 4.58. The van der Waals surface area contributed by atoms with Crippen LogP contribution >= 0.6 is 0 Å². The molecule has 3 aromatic carbocycles. The van der Waals surface area contributed by atoms with Crippen LogP contribution < -0.4 is 10.6 Å². The normalized spacial score (nSPS) is 20.3. The van der Waals surface area contributed by atoms with Crippen LogP contribution in [0.4, 0.5) is 4.79 Å². The first kappa shape index (κ1) is 29.5. The predicted octanol–water partition coefficient (Wildman–Crippen LogP) is 6.03. The van der Waals surface area contributed by atoms with Crippen molar-refractivity contribution in [3.8, 4) is 22.4 Å². The molecule has 2 aliphatic heterocycles. The summed E-state index contributed by atoms with van der Waals surface area (Å²) in [7, 11) is 1.33. The first-order valence-electron chi connectivity index (χ1n) is 16.0. The highest BCUT2D eigenvalue weighted by Gasteiger charge is 2.38. The minimum atomic E-state index is -0.861. The van der Waals surface area contributed by atoms with E-state index >= 15 is 0 Å². The van der Waals surface area contributed by atoms with Crippen molar-refractivity contribution in [3.05, 3.63) is 72.4 Å². The van der Waals surface area contributed by atoms with Crippen LogP contribution in [0.15, 0.2) is 60.8 Å². The van der Waals surface area contributed by atoms with Gasteiger partial charge in [0.25, 0.3) is 0 Å². The van der Waals surface area contributed by atoms with Crippen molar-refractivity contribution in [1.29, 1.82) is 0 Å². The largest absolute Gasteiger partial charge is 0.453 e. The summed E-state index contributed by atoms with van der Waals surface area (Å²) in [6.45, 7) is 5.72. The fraction of sp³-hybridized carbons (Fsp3) is 0.400. The number of likely N-dealkylation sites (tertiary alicyclic amines) is 1. The Kier molecular flexibility index (Phi) is 8.03. The van der Waals surface area contributed by atoms with E-state index in [9.17, 15) is 9.90 Å². The van der Waals surface area contributed by atoms with Crippen molar-refractivity contribution in [2.24, 2.45) is 5.92 Å². The molecule has 0 saturated carbocycles. The maximum absolute atomic E-state index is 11.9. The number of hydrogen-bond acceptors (Lipinski definition) is 7. The molecule has 0 aliphatic carbocycles. The number of amides is 1. The third kappa shape index (κ3) is 5.81. The highest BCUT2D eigenvalue weighted by atomic mass is 16.5. The lowest BCUT2D eigenvalue weighted by Crippen LogP contribution is -2.54. The van der Waals surface area contributed by atoms with Gasteiger partial charge in [0.15, 0.2) is 0 Å². The molecule has 5 aromatic rings. The second-order valence-electron chi connectivity index (χ2n) is 12.7. The Labute approximate surface area is 262 Å². The van der Waals surface area contributed by atoms with Crippen molar-refractivity contribution in [3.63, 3.8) is 0 Å². The first-order valence-corrected chi connectivity index (χ1v) is 16.0. The Bertz CT molecular complexity index is 1820. The van der Waals surface area contributed by atoms with E-state index in [0.717, 1.165) is 82.8 Å². The number of imidazole rings is 2. The summed E-state index contributed by atoms with van der Waals surface area (Å²) in [4.78, 5) is 30.6. The third-order valence-electron chi connectivity index (χ3n) is 9.43. The monoisotopic (exact) mass is 607 g/mol. The second-order valence-corrected chi connectivity index (χ2v) is 12.7. The Morgan fingerprint density at radius 2 is 1.73 bits per heavy atom. The molecule has 2 fully saturated rings. The molecule has 10 nitrogen and oxygen atoms in total. The standard InChI is InChI=1S/C35H41N7O3/c1-20(2)31(41-35(44)45-3)34(43)42-15-5-7-30(42)33-37-19-29(40-33)25-11-10-21-16-22(8-9-23(21)17-25)24-12-13-26-28(18-24)39-32(38-26)27-6-4-14-36-27/h8-13,16-20,27,30-31,34,36,43H,4-7,14-15H2,1-3H3,(H,37,40)(H,38,39)(H,41,44). The van der Waals surface area contributed by atoms with Crippen LogP contribution in [0.1, 0.15) is 63.3 Å². The van der Waals surface area contributed by atoms with Gasteiger partial charge in [-0.1, -0.05) is 44.2 Å². The number of carbonyl (C=O) groups is 1. The van der Waals surface area contributed by atoms with Crippen molar-refractivity contribution in [2.45, 2.75) is 63.9 Å². The van der Waals surface area contributed by atoms with Crippen LogP contribution in [0, 0.1) is 5.92 Å². The number of nitrogens with zero attached hydrogens (tertiary/aromatic N) is 3. The number of aliphatic hydroxyl groups is 1. The van der Waals surface area contributed by atoms with Gasteiger partial charge in [0.05, 0.1) is 48.2 Å². The van der Waals surface area contributed by atoms with Crippen molar-refractivity contribution >= 4 is 27.9 Å². The summed E-state index contributed by atoms with van der Waals surface area (Å²) in [5.41, 5.74) is 6.37. The van der Waals surface area contributed by atoms with Gasteiger partial charge >= 0.3 is 6.09 Å². The smallest absolute Gasteiger partial charge is 0.407 e. The van der Waals surface area contributed by atoms with Gasteiger partial charge < -0.3 is 30.4 Å². The van der Waals surface area contributed by atoms with E-state index in [0.29, 0.717) is 6.04 Å². The Hall–Kier alpha value is -4.25. The topological polar surface area (TPSA) is 131 Å². The van der Waals surface area contributed by atoms with E-state index in [1.807, 2.05) is 24.9 Å². The quantitative estimate of drug-likeness (QED) is 0.146. The number of ether oxygens (including phenoxy) is 1. The van der Waals surface area contributed by atoms with Crippen molar-refractivity contribution < 1.29 is 14.6 Å². The zero-order valence-electron chi connectivity index (χ0n) is 26.0. The maximum atomic E-state index is 11.9. The molecule has 5 N–H and O–H groups in total. The van der Waals surface area contributed by atoms with Crippen LogP contribution in [0.3, 0.4) is 0 Å². The van der Waals surface area contributed by atoms with Crippen LogP contribution in [-0.4, -0.2) is 68.5 Å². The lowest BCUT2D eigenvalue weighted by atomic mass is 9.99. The Balaban J connectivity index is 1.10. The number of alkyl carbamates (subject to hydrolysis) is 1. The number of H-pyrrole nitrogens is 2. The predicted molar refractivity (Wildman–Crippen MR) is 175 cm³/mol. The molecule has 1 amide bonds. The second kappa shape index (κ2) is 12.3. The van der Waals surface area contributed by atoms with E-state index < -0.39 is 18.4 Å². The molecule has 4 heterocycles. The maximum Gasteiger partial charge on any atom is 0.407 e. The summed E-state index contributed by atoms with van der Waals surface area (Å²) >= 11 is 0. The van der Waals surface area contributed by atoms with Gasteiger partial charge in [-0.3, -0.25) is 4.90 Å². The number of nitrogens with one attached hydrogen (secondary N) is 4. The van der Waals surface area contributed by atoms with Gasteiger partial charge in [0.1, 0.15) is 17.9 Å². The SMILES string of the molecule is COC(=O)NC(C(C)C)C(O)N1CCCC1c1ncc(-c2ccc3cc(-c4ccc5nc(C6CCCN6)[nH]c5c4)ccc3c2)[nH]1. The third-order valence-corrected chi connectivity index (χ3v) is 9.43. The lowest BCUT2D eigenvalue weighted by Gasteiger charge is -2.35.